The fraction of sp³-hybridized carbons (Fsp3) is 0.529. The number of hydrogen-bond donors (Lipinski definition) is 2. The summed E-state index contributed by atoms with van der Waals surface area (Å²) < 4.78 is 10.6. The normalized spacial score (nSPS) is 12.2. The predicted molar refractivity (Wildman–Crippen MR) is 92.8 cm³/mol. The number of nitrogens with two attached hydrogens (primary N) is 1. The highest BCUT2D eigenvalue weighted by Crippen LogP contribution is 2.13. The molecule has 2 amide bonds. The summed E-state index contributed by atoms with van der Waals surface area (Å²) in [5.41, 5.74) is 6.21. The number of hydrogen-bond acceptors (Lipinski definition) is 6. The molecule has 8 nitrogen and oxygen atoms in total. The summed E-state index contributed by atoms with van der Waals surface area (Å²) in [7, 11) is 2.86. The second kappa shape index (κ2) is 9.24. The number of carbonyl (C=O) groups excluding carboxylic acids is 2. The molecule has 0 spiro atoms. The minimum Gasteiger partial charge on any atom is -0.491 e. The molecule has 0 saturated heterocycles. The lowest BCUT2D eigenvalue weighted by Crippen LogP contribution is -2.44. The van der Waals surface area contributed by atoms with Crippen molar-refractivity contribution in [1.29, 1.82) is 0 Å². The Bertz CT molecular complexity index is 569. The molecule has 0 unspecified atom stereocenters. The molecule has 0 radical (unpaired) electrons. The number of rotatable bonds is 7. The molecule has 140 valence electrons. The Kier molecular flexibility index (Phi) is 7.66. The van der Waals surface area contributed by atoms with E-state index in [0.717, 1.165) is 10.6 Å². The molecule has 1 atom stereocenters. The Morgan fingerprint density at radius 3 is 2.36 bits per heavy atom. The highest BCUT2D eigenvalue weighted by Gasteiger charge is 2.19. The Morgan fingerprint density at radius 1 is 1.24 bits per heavy atom. The van der Waals surface area contributed by atoms with Gasteiger partial charge in [-0.2, -0.15) is 0 Å². The van der Waals surface area contributed by atoms with Crippen LogP contribution in [-0.2, 0) is 21.0 Å². The molecular weight excluding hydrogens is 326 g/mol. The third-order valence-corrected chi connectivity index (χ3v) is 3.10. The average molecular weight is 353 g/mol. The van der Waals surface area contributed by atoms with Gasteiger partial charge in [0.05, 0.1) is 7.11 Å². The molecule has 0 aliphatic heterocycles. The largest absolute Gasteiger partial charge is 0.491 e. The number of nitrogens with one attached hydrogen (secondary N) is 1. The smallest absolute Gasteiger partial charge is 0.407 e. The quantitative estimate of drug-likeness (QED) is 0.719. The van der Waals surface area contributed by atoms with E-state index in [1.165, 1.54) is 14.2 Å². The number of carbonyl (C=O) groups is 2. The van der Waals surface area contributed by atoms with Crippen LogP contribution in [0, 0.1) is 0 Å². The second-order valence-corrected chi connectivity index (χ2v) is 6.53. The fourth-order valence-corrected chi connectivity index (χ4v) is 1.75. The zero-order valence-electron chi connectivity index (χ0n) is 15.4. The van der Waals surface area contributed by atoms with E-state index in [0.29, 0.717) is 5.75 Å². The summed E-state index contributed by atoms with van der Waals surface area (Å²) in [4.78, 5) is 28.1. The van der Waals surface area contributed by atoms with Crippen molar-refractivity contribution in [1.82, 2.24) is 10.4 Å². The lowest BCUT2D eigenvalue weighted by molar-refractivity contribution is -0.170. The molecule has 1 rings (SSSR count). The lowest BCUT2D eigenvalue weighted by atomic mass is 10.1. The third kappa shape index (κ3) is 7.86. The molecule has 0 aliphatic rings. The average Bonchev–Trinajstić information content (AvgIpc) is 2.55. The van der Waals surface area contributed by atoms with E-state index in [9.17, 15) is 9.59 Å². The zero-order chi connectivity index (χ0) is 19.0. The monoisotopic (exact) mass is 353 g/mol. The highest BCUT2D eigenvalue weighted by molar-refractivity contribution is 5.80. The van der Waals surface area contributed by atoms with Crippen molar-refractivity contribution in [3.63, 3.8) is 0 Å². The van der Waals surface area contributed by atoms with Crippen molar-refractivity contribution in [3.05, 3.63) is 29.8 Å². The molecule has 0 heterocycles. The van der Waals surface area contributed by atoms with E-state index in [4.69, 9.17) is 20.0 Å². The van der Waals surface area contributed by atoms with Gasteiger partial charge in [0.2, 0.25) is 0 Å². The van der Waals surface area contributed by atoms with Crippen LogP contribution >= 0.6 is 0 Å². The van der Waals surface area contributed by atoms with Crippen molar-refractivity contribution < 1.29 is 23.9 Å². The number of hydroxylamine groups is 2. The Balaban J connectivity index is 2.43. The summed E-state index contributed by atoms with van der Waals surface area (Å²) in [6.07, 6.45) is -0.473. The van der Waals surface area contributed by atoms with Crippen molar-refractivity contribution >= 4 is 12.0 Å². The molecule has 0 aromatic heterocycles. The molecule has 8 heteroatoms. The van der Waals surface area contributed by atoms with Crippen LogP contribution in [0.25, 0.3) is 0 Å². The number of benzene rings is 1. The minimum atomic E-state index is -0.825. The summed E-state index contributed by atoms with van der Waals surface area (Å²) in [6.45, 7) is 5.80. The van der Waals surface area contributed by atoms with Gasteiger partial charge in [-0.05, 0) is 38.5 Å². The maximum atomic E-state index is 11.7. The number of ether oxygens (including phenoxy) is 2. The predicted octanol–water partition coefficient (Wildman–Crippen LogP) is 1.44. The topological polar surface area (TPSA) is 103 Å². The van der Waals surface area contributed by atoms with Gasteiger partial charge >= 0.3 is 6.09 Å². The van der Waals surface area contributed by atoms with Gasteiger partial charge in [0, 0.05) is 12.6 Å². The van der Waals surface area contributed by atoms with Gasteiger partial charge in [0.1, 0.15) is 25.0 Å². The molecule has 0 bridgehead atoms. The Morgan fingerprint density at radius 2 is 1.84 bits per heavy atom. The van der Waals surface area contributed by atoms with Crippen LogP contribution in [0.5, 0.6) is 5.75 Å². The minimum absolute atomic E-state index is 0.0242. The van der Waals surface area contributed by atoms with Crippen LogP contribution in [0.15, 0.2) is 24.3 Å². The third-order valence-electron chi connectivity index (χ3n) is 3.10. The second-order valence-electron chi connectivity index (χ2n) is 6.53. The van der Waals surface area contributed by atoms with Crippen molar-refractivity contribution in [3.8, 4) is 5.75 Å². The van der Waals surface area contributed by atoms with Crippen LogP contribution in [0.2, 0.25) is 0 Å². The lowest BCUT2D eigenvalue weighted by Gasteiger charge is -2.20. The van der Waals surface area contributed by atoms with E-state index in [1.54, 1.807) is 24.3 Å². The first-order chi connectivity index (χ1) is 11.6. The first kappa shape index (κ1) is 20.7. The summed E-state index contributed by atoms with van der Waals surface area (Å²) in [5.74, 6) is 0.184. The molecule has 0 aliphatic carbocycles. The molecule has 1 aromatic rings. The van der Waals surface area contributed by atoms with Crippen LogP contribution < -0.4 is 15.8 Å². The fourth-order valence-electron chi connectivity index (χ4n) is 1.75. The molecule has 0 fully saturated rings. The van der Waals surface area contributed by atoms with Crippen molar-refractivity contribution in [2.24, 2.45) is 5.73 Å². The van der Waals surface area contributed by atoms with Crippen molar-refractivity contribution in [2.75, 3.05) is 20.8 Å². The summed E-state index contributed by atoms with van der Waals surface area (Å²) in [6, 6.07) is 6.16. The van der Waals surface area contributed by atoms with Gasteiger partial charge in [0.15, 0.2) is 0 Å². The summed E-state index contributed by atoms with van der Waals surface area (Å²) in [5, 5.41) is 3.76. The molecule has 3 N–H and O–H groups in total. The number of alkyl carbamates (subject to hydrolysis) is 1. The highest BCUT2D eigenvalue weighted by atomic mass is 16.7. The van der Waals surface area contributed by atoms with Crippen LogP contribution in [0.1, 0.15) is 26.3 Å². The van der Waals surface area contributed by atoms with Crippen LogP contribution in [0.3, 0.4) is 0 Å². The first-order valence-corrected chi connectivity index (χ1v) is 7.86. The van der Waals surface area contributed by atoms with Gasteiger partial charge in [-0.15, -0.1) is 0 Å². The van der Waals surface area contributed by atoms with Gasteiger partial charge in [0.25, 0.3) is 5.91 Å². The number of amides is 2. The van der Waals surface area contributed by atoms with Crippen LogP contribution in [0.4, 0.5) is 4.79 Å². The van der Waals surface area contributed by atoms with E-state index >= 15 is 0 Å². The molecule has 0 saturated carbocycles. The van der Waals surface area contributed by atoms with E-state index in [-0.39, 0.29) is 24.7 Å². The van der Waals surface area contributed by atoms with Gasteiger partial charge in [-0.25, -0.2) is 9.86 Å². The molecular formula is C17H27N3O5. The molecule has 1 aromatic carbocycles. The van der Waals surface area contributed by atoms with Crippen molar-refractivity contribution in [2.45, 2.75) is 39.0 Å². The standard InChI is InChI=1S/C17H27N3O5/c1-17(2,3)19-16(22)25-10-12-6-8-13(9-7-12)24-11-14(18)15(21)20(4)23-5/h6-9,14H,10-11,18H2,1-5H3,(H,19,22)/t14-/m0/s1. The maximum absolute atomic E-state index is 11.7. The SMILES string of the molecule is CON(C)C(=O)[C@@H](N)COc1ccc(COC(=O)NC(C)(C)C)cc1. The van der Waals surface area contributed by atoms with Crippen LogP contribution in [-0.4, -0.2) is 49.4 Å². The number of likely N-dealkylation sites (N-methyl/N-ethyl adjacent to an activating group) is 1. The van der Waals surface area contributed by atoms with Gasteiger partial charge in [-0.1, -0.05) is 12.1 Å². The first-order valence-electron chi connectivity index (χ1n) is 7.86. The van der Waals surface area contributed by atoms with Gasteiger partial charge in [-0.3, -0.25) is 9.63 Å². The van der Waals surface area contributed by atoms with E-state index in [2.05, 4.69) is 5.32 Å². The van der Waals surface area contributed by atoms with Gasteiger partial charge < -0.3 is 20.5 Å². The van der Waals surface area contributed by atoms with E-state index < -0.39 is 12.1 Å². The Labute approximate surface area is 148 Å². The number of nitrogens with zero attached hydrogens (tertiary/aromatic N) is 1. The van der Waals surface area contributed by atoms with E-state index in [1.807, 2.05) is 20.8 Å². The zero-order valence-corrected chi connectivity index (χ0v) is 15.4. The Hall–Kier alpha value is -2.32. The summed E-state index contributed by atoms with van der Waals surface area (Å²) >= 11 is 0. The molecule has 25 heavy (non-hydrogen) atoms. The maximum Gasteiger partial charge on any atom is 0.407 e.